The fourth-order valence-electron chi connectivity index (χ4n) is 3.49. The molecule has 4 heterocycles. The van der Waals surface area contributed by atoms with Crippen molar-refractivity contribution >= 4 is 11.7 Å². The molecule has 3 aromatic heterocycles. The van der Waals surface area contributed by atoms with Gasteiger partial charge >= 0.3 is 0 Å². The maximum atomic E-state index is 13.0. The fraction of sp³-hybridized carbons (Fsp3) is 0.333. The van der Waals surface area contributed by atoms with E-state index in [4.69, 9.17) is 14.5 Å². The average molecular weight is 393 g/mol. The Labute approximate surface area is 169 Å². The normalized spacial score (nSPS) is 13.0. The van der Waals surface area contributed by atoms with Crippen LogP contribution in [0.1, 0.15) is 35.5 Å². The minimum Gasteiger partial charge on any atom is -0.488 e. The smallest absolute Gasteiger partial charge is 0.262 e. The van der Waals surface area contributed by atoms with E-state index >= 15 is 0 Å². The summed E-state index contributed by atoms with van der Waals surface area (Å²) < 4.78 is 12.7. The average Bonchev–Trinajstić information content (AvgIpc) is 3.32. The van der Waals surface area contributed by atoms with Crippen LogP contribution in [-0.2, 0) is 13.1 Å². The molecule has 0 aliphatic carbocycles. The van der Waals surface area contributed by atoms with Crippen LogP contribution in [0.25, 0.3) is 11.3 Å². The summed E-state index contributed by atoms with van der Waals surface area (Å²) in [4.78, 5) is 23.7. The SMILES string of the molecule is CCOc1cc(-c2cc(C)c3c(n2)CN(c2ccn(CC)n2)C3=O)cnc1OC. The van der Waals surface area contributed by atoms with Crippen LogP contribution in [0.3, 0.4) is 0 Å². The maximum Gasteiger partial charge on any atom is 0.262 e. The molecule has 0 saturated carbocycles. The van der Waals surface area contributed by atoms with Crippen molar-refractivity contribution in [3.8, 4) is 22.9 Å². The minimum absolute atomic E-state index is 0.0687. The number of amides is 1. The number of fused-ring (bicyclic) bond motifs is 1. The molecule has 4 rings (SSSR count). The van der Waals surface area contributed by atoms with Gasteiger partial charge in [-0.2, -0.15) is 5.10 Å². The van der Waals surface area contributed by atoms with Gasteiger partial charge in [-0.15, -0.1) is 0 Å². The molecule has 1 aliphatic rings. The van der Waals surface area contributed by atoms with Crippen LogP contribution in [0.15, 0.2) is 30.6 Å². The quantitative estimate of drug-likeness (QED) is 0.639. The predicted molar refractivity (Wildman–Crippen MR) is 108 cm³/mol. The second-order valence-corrected chi connectivity index (χ2v) is 6.73. The highest BCUT2D eigenvalue weighted by Crippen LogP contribution is 2.33. The van der Waals surface area contributed by atoms with Gasteiger partial charge in [0.2, 0.25) is 0 Å². The van der Waals surface area contributed by atoms with Gasteiger partial charge in [-0.1, -0.05) is 0 Å². The highest BCUT2D eigenvalue weighted by molar-refractivity contribution is 6.10. The van der Waals surface area contributed by atoms with Gasteiger partial charge in [-0.3, -0.25) is 19.4 Å². The van der Waals surface area contributed by atoms with Crippen molar-refractivity contribution in [3.63, 3.8) is 0 Å². The molecule has 0 atom stereocenters. The Hall–Kier alpha value is -3.42. The first-order valence-electron chi connectivity index (χ1n) is 9.58. The molecule has 0 unspecified atom stereocenters. The van der Waals surface area contributed by atoms with E-state index in [9.17, 15) is 4.79 Å². The number of nitrogens with zero attached hydrogens (tertiary/aromatic N) is 5. The lowest BCUT2D eigenvalue weighted by Gasteiger charge is -2.11. The molecule has 0 bridgehead atoms. The molecule has 3 aromatic rings. The van der Waals surface area contributed by atoms with E-state index in [1.807, 2.05) is 45.2 Å². The van der Waals surface area contributed by atoms with E-state index in [-0.39, 0.29) is 5.91 Å². The zero-order valence-electron chi connectivity index (χ0n) is 17.0. The molecular formula is C21H23N5O3. The topological polar surface area (TPSA) is 82.4 Å². The number of aromatic nitrogens is 4. The van der Waals surface area contributed by atoms with Crippen molar-refractivity contribution in [2.75, 3.05) is 18.6 Å². The number of carbonyl (C=O) groups excluding carboxylic acids is 1. The monoisotopic (exact) mass is 393 g/mol. The van der Waals surface area contributed by atoms with Gasteiger partial charge in [0.25, 0.3) is 11.8 Å². The van der Waals surface area contributed by atoms with Crippen LogP contribution >= 0.6 is 0 Å². The fourth-order valence-corrected chi connectivity index (χ4v) is 3.49. The molecular weight excluding hydrogens is 370 g/mol. The van der Waals surface area contributed by atoms with Gasteiger partial charge in [0.05, 0.1) is 37.2 Å². The number of pyridine rings is 2. The van der Waals surface area contributed by atoms with Gasteiger partial charge in [0.15, 0.2) is 11.6 Å². The number of hydrogen-bond donors (Lipinski definition) is 0. The van der Waals surface area contributed by atoms with E-state index < -0.39 is 0 Å². The molecule has 0 fully saturated rings. The van der Waals surface area contributed by atoms with Crippen molar-refractivity contribution in [2.45, 2.75) is 33.9 Å². The van der Waals surface area contributed by atoms with E-state index in [1.54, 1.807) is 22.9 Å². The summed E-state index contributed by atoms with van der Waals surface area (Å²) in [6, 6.07) is 5.62. The molecule has 0 saturated heterocycles. The summed E-state index contributed by atoms with van der Waals surface area (Å²) in [5.74, 6) is 1.57. The standard InChI is InChI=1S/C21H23N5O3/c1-5-25-8-7-18(24-25)26-12-16-19(21(26)27)13(3)9-15(23-16)14-10-17(29-6-2)20(28-4)22-11-14/h7-11H,5-6,12H2,1-4H3. The Morgan fingerprint density at radius 3 is 2.76 bits per heavy atom. The maximum absolute atomic E-state index is 13.0. The van der Waals surface area contributed by atoms with Crippen LogP contribution in [0.5, 0.6) is 11.6 Å². The molecule has 150 valence electrons. The number of rotatable bonds is 6. The van der Waals surface area contributed by atoms with E-state index in [1.165, 1.54) is 0 Å². The first kappa shape index (κ1) is 18.9. The number of anilines is 1. The van der Waals surface area contributed by atoms with Crippen molar-refractivity contribution in [2.24, 2.45) is 0 Å². The van der Waals surface area contributed by atoms with Crippen molar-refractivity contribution < 1.29 is 14.3 Å². The second kappa shape index (κ2) is 7.54. The van der Waals surface area contributed by atoms with Crippen LogP contribution in [0, 0.1) is 6.92 Å². The van der Waals surface area contributed by atoms with Crippen LogP contribution in [0.4, 0.5) is 5.82 Å². The van der Waals surface area contributed by atoms with Gasteiger partial charge in [-0.25, -0.2) is 4.98 Å². The number of ether oxygens (including phenoxy) is 2. The Morgan fingerprint density at radius 2 is 2.07 bits per heavy atom. The van der Waals surface area contributed by atoms with E-state index in [0.717, 1.165) is 29.1 Å². The third kappa shape index (κ3) is 3.30. The molecule has 1 aliphatic heterocycles. The Morgan fingerprint density at radius 1 is 1.24 bits per heavy atom. The van der Waals surface area contributed by atoms with Gasteiger partial charge in [-0.05, 0) is 38.5 Å². The van der Waals surface area contributed by atoms with Gasteiger partial charge in [0.1, 0.15) is 0 Å². The van der Waals surface area contributed by atoms with Crippen LogP contribution in [0.2, 0.25) is 0 Å². The molecule has 8 heteroatoms. The highest BCUT2D eigenvalue weighted by Gasteiger charge is 2.33. The predicted octanol–water partition coefficient (Wildman–Crippen LogP) is 3.24. The molecule has 0 N–H and O–H groups in total. The van der Waals surface area contributed by atoms with Crippen LogP contribution in [-0.4, -0.2) is 39.4 Å². The summed E-state index contributed by atoms with van der Waals surface area (Å²) in [6.45, 7) is 7.50. The molecule has 0 aromatic carbocycles. The Kier molecular flexibility index (Phi) is 4.92. The molecule has 0 radical (unpaired) electrons. The summed E-state index contributed by atoms with van der Waals surface area (Å²) in [6.07, 6.45) is 3.57. The number of hydrogen-bond acceptors (Lipinski definition) is 6. The number of aryl methyl sites for hydroxylation is 2. The minimum atomic E-state index is -0.0687. The van der Waals surface area contributed by atoms with Crippen molar-refractivity contribution in [1.29, 1.82) is 0 Å². The lowest BCUT2D eigenvalue weighted by atomic mass is 10.1. The molecule has 0 spiro atoms. The first-order chi connectivity index (χ1) is 14.0. The zero-order chi connectivity index (χ0) is 20.5. The molecule has 29 heavy (non-hydrogen) atoms. The zero-order valence-corrected chi connectivity index (χ0v) is 17.0. The first-order valence-corrected chi connectivity index (χ1v) is 9.58. The molecule has 1 amide bonds. The van der Waals surface area contributed by atoms with Crippen molar-refractivity contribution in [1.82, 2.24) is 19.7 Å². The van der Waals surface area contributed by atoms with Crippen LogP contribution < -0.4 is 14.4 Å². The Bertz CT molecular complexity index is 1080. The summed E-state index contributed by atoms with van der Waals surface area (Å²) >= 11 is 0. The largest absolute Gasteiger partial charge is 0.488 e. The number of methoxy groups -OCH3 is 1. The lowest BCUT2D eigenvalue weighted by molar-refractivity contribution is 0.0995. The number of carbonyl (C=O) groups is 1. The summed E-state index contributed by atoms with van der Waals surface area (Å²) in [5, 5.41) is 4.46. The summed E-state index contributed by atoms with van der Waals surface area (Å²) in [7, 11) is 1.56. The van der Waals surface area contributed by atoms with Gasteiger partial charge in [0, 0.05) is 30.6 Å². The molecule has 8 nitrogen and oxygen atoms in total. The second-order valence-electron chi connectivity index (χ2n) is 6.73. The van der Waals surface area contributed by atoms with E-state index in [0.29, 0.717) is 36.2 Å². The third-order valence-corrected chi connectivity index (χ3v) is 4.89. The third-order valence-electron chi connectivity index (χ3n) is 4.89. The Balaban J connectivity index is 1.71. The lowest BCUT2D eigenvalue weighted by Crippen LogP contribution is -2.24. The summed E-state index contributed by atoms with van der Waals surface area (Å²) in [5.41, 5.74) is 3.81. The van der Waals surface area contributed by atoms with Gasteiger partial charge < -0.3 is 9.47 Å². The van der Waals surface area contributed by atoms with E-state index in [2.05, 4.69) is 10.1 Å². The van der Waals surface area contributed by atoms with Crippen molar-refractivity contribution in [3.05, 3.63) is 47.4 Å². The highest BCUT2D eigenvalue weighted by atomic mass is 16.5.